The Kier molecular flexibility index (Phi) is 5.30. The first-order chi connectivity index (χ1) is 12.4. The van der Waals surface area contributed by atoms with Crippen LogP contribution in [0.25, 0.3) is 0 Å². The van der Waals surface area contributed by atoms with Crippen molar-refractivity contribution < 1.29 is 18.4 Å². The van der Waals surface area contributed by atoms with Crippen LogP contribution in [0.2, 0.25) is 0 Å². The molecule has 136 valence electrons. The minimum atomic E-state index is -0.456. The highest BCUT2D eigenvalue weighted by molar-refractivity contribution is 5.95. The Labute approximate surface area is 150 Å². The van der Waals surface area contributed by atoms with E-state index in [0.717, 1.165) is 5.56 Å². The molecular weight excluding hydrogens is 338 g/mol. The van der Waals surface area contributed by atoms with Crippen LogP contribution in [-0.2, 0) is 4.79 Å². The van der Waals surface area contributed by atoms with E-state index in [1.54, 1.807) is 24.0 Å². The number of hydrogen-bond acceptors (Lipinski definition) is 2. The molecule has 4 nitrogen and oxygen atoms in total. The Hall–Kier alpha value is -2.76. The van der Waals surface area contributed by atoms with E-state index in [9.17, 15) is 18.4 Å². The molecular formula is C20H20F2N2O2. The summed E-state index contributed by atoms with van der Waals surface area (Å²) in [6.45, 7) is 2.65. The molecule has 0 saturated carbocycles. The van der Waals surface area contributed by atoms with Gasteiger partial charge in [-0.05, 0) is 61.7 Å². The van der Waals surface area contributed by atoms with Crippen LogP contribution >= 0.6 is 0 Å². The quantitative estimate of drug-likeness (QED) is 0.908. The third-order valence-corrected chi connectivity index (χ3v) is 4.63. The Morgan fingerprint density at radius 1 is 1.04 bits per heavy atom. The summed E-state index contributed by atoms with van der Waals surface area (Å²) in [4.78, 5) is 26.4. The molecule has 2 aromatic carbocycles. The van der Waals surface area contributed by atoms with Gasteiger partial charge >= 0.3 is 0 Å². The summed E-state index contributed by atoms with van der Waals surface area (Å²) in [7, 11) is 0. The molecule has 26 heavy (non-hydrogen) atoms. The second-order valence-corrected chi connectivity index (χ2v) is 6.55. The molecule has 2 aromatic rings. The topological polar surface area (TPSA) is 49.4 Å². The summed E-state index contributed by atoms with van der Waals surface area (Å²) in [6, 6.07) is 10.1. The average molecular weight is 358 g/mol. The van der Waals surface area contributed by atoms with Crippen molar-refractivity contribution in [2.75, 3.05) is 18.4 Å². The monoisotopic (exact) mass is 358 g/mol. The van der Waals surface area contributed by atoms with Gasteiger partial charge in [0.2, 0.25) is 5.91 Å². The van der Waals surface area contributed by atoms with Gasteiger partial charge in [-0.2, -0.15) is 0 Å². The number of amides is 2. The highest BCUT2D eigenvalue weighted by Gasteiger charge is 2.28. The summed E-state index contributed by atoms with van der Waals surface area (Å²) >= 11 is 0. The van der Waals surface area contributed by atoms with Crippen LogP contribution in [0.5, 0.6) is 0 Å². The van der Waals surface area contributed by atoms with Gasteiger partial charge in [-0.1, -0.05) is 6.07 Å². The first-order valence-electron chi connectivity index (χ1n) is 8.56. The number of halogens is 2. The smallest absolute Gasteiger partial charge is 0.253 e. The van der Waals surface area contributed by atoms with E-state index in [1.165, 1.54) is 30.3 Å². The number of benzene rings is 2. The van der Waals surface area contributed by atoms with Crippen molar-refractivity contribution in [3.8, 4) is 0 Å². The number of aryl methyl sites for hydroxylation is 1. The summed E-state index contributed by atoms with van der Waals surface area (Å²) in [5.74, 6) is -1.52. The number of nitrogens with zero attached hydrogens (tertiary/aromatic N) is 1. The lowest BCUT2D eigenvalue weighted by Gasteiger charge is -2.31. The van der Waals surface area contributed by atoms with Crippen molar-refractivity contribution in [2.45, 2.75) is 19.8 Å². The van der Waals surface area contributed by atoms with Crippen molar-refractivity contribution in [3.63, 3.8) is 0 Å². The van der Waals surface area contributed by atoms with Crippen LogP contribution in [0.1, 0.15) is 28.8 Å². The normalized spacial score (nSPS) is 15.0. The van der Waals surface area contributed by atoms with Crippen LogP contribution in [0.4, 0.5) is 14.5 Å². The van der Waals surface area contributed by atoms with Gasteiger partial charge in [0.25, 0.3) is 5.91 Å². The number of carbonyl (C=O) groups excluding carboxylic acids is 2. The van der Waals surface area contributed by atoms with E-state index in [-0.39, 0.29) is 29.2 Å². The number of likely N-dealkylation sites (tertiary alicyclic amines) is 1. The second kappa shape index (κ2) is 7.64. The van der Waals surface area contributed by atoms with E-state index in [2.05, 4.69) is 5.32 Å². The fourth-order valence-corrected chi connectivity index (χ4v) is 3.08. The van der Waals surface area contributed by atoms with Gasteiger partial charge in [0.15, 0.2) is 0 Å². The van der Waals surface area contributed by atoms with Gasteiger partial charge < -0.3 is 10.2 Å². The molecule has 1 aliphatic rings. The van der Waals surface area contributed by atoms with Gasteiger partial charge in [-0.25, -0.2) is 8.78 Å². The molecule has 1 N–H and O–H groups in total. The van der Waals surface area contributed by atoms with Crippen molar-refractivity contribution in [1.29, 1.82) is 0 Å². The number of hydrogen-bond donors (Lipinski definition) is 1. The first-order valence-corrected chi connectivity index (χ1v) is 8.56. The summed E-state index contributed by atoms with van der Waals surface area (Å²) in [5, 5.41) is 2.63. The van der Waals surface area contributed by atoms with Crippen LogP contribution in [0.15, 0.2) is 42.5 Å². The van der Waals surface area contributed by atoms with Crippen molar-refractivity contribution in [1.82, 2.24) is 4.90 Å². The van der Waals surface area contributed by atoms with Crippen LogP contribution in [0.3, 0.4) is 0 Å². The van der Waals surface area contributed by atoms with E-state index in [0.29, 0.717) is 31.5 Å². The predicted octanol–water partition coefficient (Wildman–Crippen LogP) is 3.76. The molecule has 1 saturated heterocycles. The fourth-order valence-electron chi connectivity index (χ4n) is 3.08. The van der Waals surface area contributed by atoms with Crippen molar-refractivity contribution >= 4 is 17.5 Å². The fraction of sp³-hybridized carbons (Fsp3) is 0.300. The predicted molar refractivity (Wildman–Crippen MR) is 94.8 cm³/mol. The number of carbonyl (C=O) groups is 2. The Morgan fingerprint density at radius 2 is 1.69 bits per heavy atom. The van der Waals surface area contributed by atoms with Crippen LogP contribution < -0.4 is 5.32 Å². The molecule has 2 amide bonds. The lowest BCUT2D eigenvalue weighted by atomic mass is 9.95. The standard InChI is InChI=1S/C20H20F2N2O2/c1-13-2-7-18(17(22)12-13)23-19(25)14-8-10-24(11-9-14)20(26)15-3-5-16(21)6-4-15/h2-7,12,14H,8-11H2,1H3,(H,23,25). The van der Waals surface area contributed by atoms with Gasteiger partial charge in [0, 0.05) is 24.6 Å². The number of rotatable bonds is 3. The zero-order valence-electron chi connectivity index (χ0n) is 14.5. The Bertz CT molecular complexity index is 813. The molecule has 1 heterocycles. The number of anilines is 1. The van der Waals surface area contributed by atoms with Crippen molar-refractivity contribution in [2.24, 2.45) is 5.92 Å². The molecule has 1 aliphatic heterocycles. The minimum Gasteiger partial charge on any atom is -0.339 e. The van der Waals surface area contributed by atoms with Crippen LogP contribution in [0, 0.1) is 24.5 Å². The molecule has 0 aromatic heterocycles. The number of piperidine rings is 1. The molecule has 0 bridgehead atoms. The molecule has 0 aliphatic carbocycles. The van der Waals surface area contributed by atoms with Gasteiger partial charge in [-0.15, -0.1) is 0 Å². The molecule has 0 unspecified atom stereocenters. The zero-order valence-corrected chi connectivity index (χ0v) is 14.5. The minimum absolute atomic E-state index is 0.172. The number of nitrogens with one attached hydrogen (secondary N) is 1. The molecule has 1 fully saturated rings. The highest BCUT2D eigenvalue weighted by atomic mass is 19.1. The third-order valence-electron chi connectivity index (χ3n) is 4.63. The maximum atomic E-state index is 13.9. The average Bonchev–Trinajstić information content (AvgIpc) is 2.64. The lowest BCUT2D eigenvalue weighted by molar-refractivity contribution is -0.121. The largest absolute Gasteiger partial charge is 0.339 e. The zero-order chi connectivity index (χ0) is 18.7. The van der Waals surface area contributed by atoms with Gasteiger partial charge in [0.05, 0.1) is 5.69 Å². The molecule has 0 spiro atoms. The summed E-state index contributed by atoms with van der Waals surface area (Å²) in [6.07, 6.45) is 1.01. The Morgan fingerprint density at radius 3 is 2.31 bits per heavy atom. The SMILES string of the molecule is Cc1ccc(NC(=O)C2CCN(C(=O)c3ccc(F)cc3)CC2)c(F)c1. The first kappa shape index (κ1) is 18.0. The maximum absolute atomic E-state index is 13.9. The summed E-state index contributed by atoms with van der Waals surface area (Å²) < 4.78 is 26.8. The van der Waals surface area contributed by atoms with E-state index in [4.69, 9.17) is 0 Å². The molecule has 0 atom stereocenters. The highest BCUT2D eigenvalue weighted by Crippen LogP contribution is 2.22. The van der Waals surface area contributed by atoms with Gasteiger partial charge in [0.1, 0.15) is 11.6 Å². The van der Waals surface area contributed by atoms with Crippen molar-refractivity contribution in [3.05, 3.63) is 65.2 Å². The summed E-state index contributed by atoms with van der Waals surface area (Å²) in [5.41, 5.74) is 1.38. The van der Waals surface area contributed by atoms with Crippen LogP contribution in [-0.4, -0.2) is 29.8 Å². The van der Waals surface area contributed by atoms with E-state index in [1.807, 2.05) is 0 Å². The lowest BCUT2D eigenvalue weighted by Crippen LogP contribution is -2.41. The molecule has 3 rings (SSSR count). The molecule has 0 radical (unpaired) electrons. The maximum Gasteiger partial charge on any atom is 0.253 e. The Balaban J connectivity index is 1.56. The van der Waals surface area contributed by atoms with Gasteiger partial charge in [-0.3, -0.25) is 9.59 Å². The third kappa shape index (κ3) is 4.07. The second-order valence-electron chi connectivity index (χ2n) is 6.55. The van der Waals surface area contributed by atoms with E-state index < -0.39 is 5.82 Å². The van der Waals surface area contributed by atoms with E-state index >= 15 is 0 Å². The molecule has 6 heteroatoms.